The minimum atomic E-state index is -4.47. The summed E-state index contributed by atoms with van der Waals surface area (Å²) in [6.07, 6.45) is -2.14. The minimum absolute atomic E-state index is 0.271. The van der Waals surface area contributed by atoms with E-state index in [4.69, 9.17) is 0 Å². The van der Waals surface area contributed by atoms with Crippen molar-refractivity contribution in [3.63, 3.8) is 0 Å². The van der Waals surface area contributed by atoms with Gasteiger partial charge in [0.2, 0.25) is 6.41 Å². The first kappa shape index (κ1) is 21.1. The molecule has 1 amide bonds. The molecule has 1 aromatic carbocycles. The van der Waals surface area contributed by atoms with Gasteiger partial charge in [-0.3, -0.25) is 14.5 Å². The topological polar surface area (TPSA) is 51.0 Å². The number of halogens is 3. The number of aromatic nitrogens is 3. The molecule has 3 rings (SSSR count). The minimum Gasteiger partial charge on any atom is -0.351 e. The second-order valence-electron chi connectivity index (χ2n) is 6.31. The van der Waals surface area contributed by atoms with Crippen molar-refractivity contribution in [2.24, 2.45) is 0 Å². The lowest BCUT2D eigenvalue weighted by molar-refractivity contribution is -0.141. The Balaban J connectivity index is 0.000000500. The SMILES string of the molecule is CN(C)C=O.Cc1cc(-c2cc(C(F)(F)F)nn2Cc2ccccc2)ccn1. The van der Waals surface area contributed by atoms with Crippen LogP contribution in [0.1, 0.15) is 17.0 Å². The van der Waals surface area contributed by atoms with E-state index < -0.39 is 11.9 Å². The molecule has 5 nitrogen and oxygen atoms in total. The zero-order valence-electron chi connectivity index (χ0n) is 15.8. The summed E-state index contributed by atoms with van der Waals surface area (Å²) in [4.78, 5) is 15.0. The monoisotopic (exact) mass is 390 g/mol. The van der Waals surface area contributed by atoms with Gasteiger partial charge in [0.05, 0.1) is 12.2 Å². The molecule has 0 atom stereocenters. The molecule has 8 heteroatoms. The lowest BCUT2D eigenvalue weighted by atomic mass is 10.1. The molecule has 28 heavy (non-hydrogen) atoms. The van der Waals surface area contributed by atoms with Crippen LogP contribution in [0.15, 0.2) is 54.7 Å². The van der Waals surface area contributed by atoms with Crippen molar-refractivity contribution in [1.29, 1.82) is 0 Å². The van der Waals surface area contributed by atoms with E-state index in [-0.39, 0.29) is 6.54 Å². The molecule has 0 saturated carbocycles. The number of amides is 1. The Morgan fingerprint density at radius 1 is 1.11 bits per heavy atom. The number of hydrogen-bond donors (Lipinski definition) is 0. The average Bonchev–Trinajstić information content (AvgIpc) is 3.07. The predicted octanol–water partition coefficient (Wildman–Crippen LogP) is 4.03. The van der Waals surface area contributed by atoms with Gasteiger partial charge in [0.25, 0.3) is 0 Å². The Morgan fingerprint density at radius 3 is 2.29 bits per heavy atom. The molecule has 0 aliphatic rings. The van der Waals surface area contributed by atoms with Crippen molar-refractivity contribution in [3.05, 3.63) is 71.7 Å². The molecular weight excluding hydrogens is 369 g/mol. The van der Waals surface area contributed by atoms with Crippen molar-refractivity contribution in [2.45, 2.75) is 19.6 Å². The number of carbonyl (C=O) groups is 1. The fourth-order valence-electron chi connectivity index (χ4n) is 2.37. The normalized spacial score (nSPS) is 10.8. The van der Waals surface area contributed by atoms with E-state index in [1.54, 1.807) is 39.3 Å². The van der Waals surface area contributed by atoms with E-state index in [1.165, 1.54) is 9.58 Å². The molecule has 0 spiro atoms. The number of aryl methyl sites for hydroxylation is 1. The largest absolute Gasteiger partial charge is 0.435 e. The lowest BCUT2D eigenvalue weighted by Gasteiger charge is -2.08. The Hall–Kier alpha value is -3.16. The number of carbonyl (C=O) groups excluding carboxylic acids is 1. The average molecular weight is 390 g/mol. The van der Waals surface area contributed by atoms with Crippen LogP contribution >= 0.6 is 0 Å². The van der Waals surface area contributed by atoms with Gasteiger partial charge in [0.1, 0.15) is 0 Å². The van der Waals surface area contributed by atoms with Crippen LogP contribution in [0.2, 0.25) is 0 Å². The highest BCUT2D eigenvalue weighted by atomic mass is 19.4. The number of hydrogen-bond acceptors (Lipinski definition) is 3. The molecule has 2 heterocycles. The fourth-order valence-corrected chi connectivity index (χ4v) is 2.37. The molecule has 0 radical (unpaired) electrons. The third kappa shape index (κ3) is 5.94. The first-order valence-electron chi connectivity index (χ1n) is 8.44. The van der Waals surface area contributed by atoms with Crippen molar-refractivity contribution in [3.8, 4) is 11.3 Å². The van der Waals surface area contributed by atoms with Crippen LogP contribution in [-0.4, -0.2) is 40.2 Å². The standard InChI is InChI=1S/C17H14F3N3.C3H7NO/c1-12-9-14(7-8-21-12)15-10-16(17(18,19)20)22-23(15)11-13-5-3-2-4-6-13;1-4(2)3-5/h2-10H,11H2,1H3;3H,1-2H3. The summed E-state index contributed by atoms with van der Waals surface area (Å²) in [6, 6.07) is 13.8. The second kappa shape index (κ2) is 9.16. The predicted molar refractivity (Wildman–Crippen MR) is 100 cm³/mol. The Morgan fingerprint density at radius 2 is 1.75 bits per heavy atom. The third-order valence-corrected chi connectivity index (χ3v) is 3.65. The number of nitrogens with zero attached hydrogens (tertiary/aromatic N) is 4. The number of benzene rings is 1. The van der Waals surface area contributed by atoms with Crippen LogP contribution in [0.4, 0.5) is 13.2 Å². The van der Waals surface area contributed by atoms with Crippen LogP contribution in [0, 0.1) is 6.92 Å². The molecule has 0 aliphatic carbocycles. The fraction of sp³-hybridized carbons (Fsp3) is 0.250. The number of alkyl halides is 3. The number of pyridine rings is 1. The summed E-state index contributed by atoms with van der Waals surface area (Å²) in [5, 5.41) is 3.75. The zero-order chi connectivity index (χ0) is 20.7. The summed E-state index contributed by atoms with van der Waals surface area (Å²) in [7, 11) is 3.38. The van der Waals surface area contributed by atoms with Crippen LogP contribution in [0.25, 0.3) is 11.3 Å². The van der Waals surface area contributed by atoms with Gasteiger partial charge in [-0.25, -0.2) is 0 Å². The van der Waals surface area contributed by atoms with E-state index in [2.05, 4.69) is 10.1 Å². The molecule has 0 N–H and O–H groups in total. The van der Waals surface area contributed by atoms with E-state index >= 15 is 0 Å². The van der Waals surface area contributed by atoms with Gasteiger partial charge in [-0.2, -0.15) is 18.3 Å². The van der Waals surface area contributed by atoms with Crippen LogP contribution in [0.3, 0.4) is 0 Å². The molecule has 0 fully saturated rings. The maximum Gasteiger partial charge on any atom is 0.435 e. The van der Waals surface area contributed by atoms with Gasteiger partial charge < -0.3 is 4.90 Å². The molecule has 0 saturated heterocycles. The summed E-state index contributed by atoms with van der Waals surface area (Å²) in [6.45, 7) is 2.07. The highest BCUT2D eigenvalue weighted by molar-refractivity contribution is 5.60. The summed E-state index contributed by atoms with van der Waals surface area (Å²) in [5.41, 5.74) is 1.82. The zero-order valence-corrected chi connectivity index (χ0v) is 15.8. The smallest absolute Gasteiger partial charge is 0.351 e. The van der Waals surface area contributed by atoms with Gasteiger partial charge in [0, 0.05) is 31.5 Å². The van der Waals surface area contributed by atoms with Crippen LogP contribution in [-0.2, 0) is 17.5 Å². The quantitative estimate of drug-likeness (QED) is 0.632. The van der Waals surface area contributed by atoms with Crippen molar-refractivity contribution in [2.75, 3.05) is 14.1 Å². The highest BCUT2D eigenvalue weighted by Gasteiger charge is 2.35. The highest BCUT2D eigenvalue weighted by Crippen LogP contribution is 2.32. The van der Waals surface area contributed by atoms with Gasteiger partial charge in [-0.15, -0.1) is 0 Å². The first-order chi connectivity index (χ1) is 13.2. The summed E-state index contributed by atoms with van der Waals surface area (Å²) >= 11 is 0. The summed E-state index contributed by atoms with van der Waals surface area (Å²) in [5.74, 6) is 0. The van der Waals surface area contributed by atoms with Crippen LogP contribution in [0.5, 0.6) is 0 Å². The van der Waals surface area contributed by atoms with Gasteiger partial charge in [-0.05, 0) is 30.7 Å². The molecule has 3 aromatic rings. The van der Waals surface area contributed by atoms with E-state index in [9.17, 15) is 18.0 Å². The Kier molecular flexibility index (Phi) is 6.92. The molecule has 2 aromatic heterocycles. The van der Waals surface area contributed by atoms with Crippen molar-refractivity contribution >= 4 is 6.41 Å². The molecule has 0 bridgehead atoms. The lowest BCUT2D eigenvalue weighted by Crippen LogP contribution is -2.09. The van der Waals surface area contributed by atoms with E-state index in [1.807, 2.05) is 30.3 Å². The van der Waals surface area contributed by atoms with E-state index in [0.717, 1.165) is 23.7 Å². The third-order valence-electron chi connectivity index (χ3n) is 3.65. The molecule has 0 unspecified atom stereocenters. The Bertz CT molecular complexity index is 905. The van der Waals surface area contributed by atoms with Gasteiger partial charge in [0.15, 0.2) is 5.69 Å². The Labute approximate surface area is 161 Å². The molecule has 0 aliphatic heterocycles. The van der Waals surface area contributed by atoms with Gasteiger partial charge >= 0.3 is 6.18 Å². The summed E-state index contributed by atoms with van der Waals surface area (Å²) < 4.78 is 40.5. The maximum absolute atomic E-state index is 13.0. The first-order valence-corrected chi connectivity index (χ1v) is 8.44. The maximum atomic E-state index is 13.0. The van der Waals surface area contributed by atoms with Crippen molar-refractivity contribution in [1.82, 2.24) is 19.7 Å². The van der Waals surface area contributed by atoms with Crippen molar-refractivity contribution < 1.29 is 18.0 Å². The van der Waals surface area contributed by atoms with Crippen LogP contribution < -0.4 is 0 Å². The van der Waals surface area contributed by atoms with Gasteiger partial charge in [-0.1, -0.05) is 30.3 Å². The molecule has 148 valence electrons. The number of rotatable bonds is 4. The van der Waals surface area contributed by atoms with E-state index in [0.29, 0.717) is 11.3 Å². The molecular formula is C20H21F3N4O. The second-order valence-corrected chi connectivity index (χ2v) is 6.31.